The van der Waals surface area contributed by atoms with Crippen LogP contribution in [0.2, 0.25) is 0 Å². The maximum absolute atomic E-state index is 13.7. The summed E-state index contributed by atoms with van der Waals surface area (Å²) in [6.07, 6.45) is 14.8. The van der Waals surface area contributed by atoms with E-state index in [1.807, 2.05) is 18.2 Å². The van der Waals surface area contributed by atoms with E-state index in [1.54, 1.807) is 0 Å². The summed E-state index contributed by atoms with van der Waals surface area (Å²) in [5.74, 6) is 11.9. The topological polar surface area (TPSA) is 17.1 Å². The molecule has 0 aliphatic heterocycles. The monoisotopic (exact) mass is 484 g/mol. The van der Waals surface area contributed by atoms with E-state index in [-0.39, 0.29) is 11.3 Å². The highest BCUT2D eigenvalue weighted by Gasteiger charge is 2.61. The molecule has 0 aromatic heterocycles. The van der Waals surface area contributed by atoms with Crippen molar-refractivity contribution in [1.82, 2.24) is 0 Å². The Morgan fingerprint density at radius 1 is 0.917 bits per heavy atom. The standard InChI is InChI=1S/C35H48O/c1-24(2)10-9-11-25(3)29-16-17-30-28-23-33(36)32-22-27(15-14-26-12-7-6-8-13-26)18-20-35(32,5)31(28)19-21-34(29,30)4/h6-8,12-13,22,24-25,28-32H,9-11,16-21,23H2,1-5H3/t25-,28+,29-,30+,31+,32+,34-,35-/m1/s1. The van der Waals surface area contributed by atoms with Crippen LogP contribution >= 0.6 is 0 Å². The predicted molar refractivity (Wildman–Crippen MR) is 150 cm³/mol. The Hall–Kier alpha value is -1.81. The van der Waals surface area contributed by atoms with Crippen LogP contribution < -0.4 is 0 Å². The van der Waals surface area contributed by atoms with Crippen molar-refractivity contribution in [2.45, 2.75) is 98.8 Å². The van der Waals surface area contributed by atoms with Gasteiger partial charge in [-0.1, -0.05) is 90.0 Å². The fraction of sp³-hybridized carbons (Fsp3) is 0.686. The van der Waals surface area contributed by atoms with Crippen molar-refractivity contribution in [2.75, 3.05) is 0 Å². The molecule has 1 nitrogen and oxygen atoms in total. The summed E-state index contributed by atoms with van der Waals surface area (Å²) in [4.78, 5) is 13.7. The summed E-state index contributed by atoms with van der Waals surface area (Å²) in [7, 11) is 0. The molecule has 0 bridgehead atoms. The van der Waals surface area contributed by atoms with Crippen LogP contribution in [-0.2, 0) is 4.79 Å². The molecular weight excluding hydrogens is 436 g/mol. The second-order valence-corrected chi connectivity index (χ2v) is 13.9. The number of hydrogen-bond acceptors (Lipinski definition) is 1. The molecule has 0 spiro atoms. The highest BCUT2D eigenvalue weighted by Crippen LogP contribution is 2.67. The summed E-state index contributed by atoms with van der Waals surface area (Å²) >= 11 is 0. The summed E-state index contributed by atoms with van der Waals surface area (Å²) in [5, 5.41) is 0. The van der Waals surface area contributed by atoms with Gasteiger partial charge in [0, 0.05) is 17.9 Å². The minimum atomic E-state index is 0.0732. The average molecular weight is 485 g/mol. The fourth-order valence-electron chi connectivity index (χ4n) is 9.46. The Kier molecular flexibility index (Phi) is 7.29. The zero-order valence-corrected chi connectivity index (χ0v) is 23.5. The van der Waals surface area contributed by atoms with Crippen LogP contribution in [0.4, 0.5) is 0 Å². The third-order valence-electron chi connectivity index (χ3n) is 11.4. The molecule has 1 aromatic rings. The van der Waals surface area contributed by atoms with Crippen molar-refractivity contribution in [1.29, 1.82) is 0 Å². The fourth-order valence-corrected chi connectivity index (χ4v) is 9.46. The van der Waals surface area contributed by atoms with Crippen LogP contribution in [0.15, 0.2) is 42.0 Å². The van der Waals surface area contributed by atoms with E-state index in [1.165, 1.54) is 50.5 Å². The van der Waals surface area contributed by atoms with Gasteiger partial charge in [-0.25, -0.2) is 0 Å². The molecule has 3 fully saturated rings. The van der Waals surface area contributed by atoms with Crippen LogP contribution in [0.3, 0.4) is 0 Å². The quantitative estimate of drug-likeness (QED) is 0.381. The third kappa shape index (κ3) is 4.64. The number of fused-ring (bicyclic) bond motifs is 5. The highest BCUT2D eigenvalue weighted by atomic mass is 16.1. The Morgan fingerprint density at radius 2 is 1.67 bits per heavy atom. The number of allylic oxidation sites excluding steroid dienone is 2. The Morgan fingerprint density at radius 3 is 2.42 bits per heavy atom. The lowest BCUT2D eigenvalue weighted by Gasteiger charge is -2.59. The van der Waals surface area contributed by atoms with Crippen molar-refractivity contribution in [2.24, 2.45) is 52.3 Å². The SMILES string of the molecule is CC(C)CCC[C@@H](C)[C@H]1CC[C@H]2[C@@H]3CC(=O)[C@@H]4C=C(C#Cc5ccccc5)CC[C@]4(C)[C@H]3CC[C@]12C. The van der Waals surface area contributed by atoms with Crippen molar-refractivity contribution in [3.8, 4) is 11.8 Å². The second kappa shape index (κ2) is 10.2. The number of ketones is 1. The van der Waals surface area contributed by atoms with E-state index in [9.17, 15) is 4.79 Å². The maximum atomic E-state index is 13.7. The van der Waals surface area contributed by atoms with E-state index in [2.05, 4.69) is 64.7 Å². The predicted octanol–water partition coefficient (Wildman–Crippen LogP) is 8.87. The molecule has 1 heteroatoms. The number of rotatable bonds is 5. The first-order chi connectivity index (χ1) is 17.2. The molecule has 0 saturated heterocycles. The summed E-state index contributed by atoms with van der Waals surface area (Å²) in [5.41, 5.74) is 2.81. The minimum Gasteiger partial charge on any atom is -0.299 e. The van der Waals surface area contributed by atoms with Crippen LogP contribution in [0.25, 0.3) is 0 Å². The molecule has 0 unspecified atom stereocenters. The van der Waals surface area contributed by atoms with Gasteiger partial charge in [-0.05, 0) is 103 Å². The second-order valence-electron chi connectivity index (χ2n) is 13.9. The molecule has 8 atom stereocenters. The molecule has 3 saturated carbocycles. The van der Waals surface area contributed by atoms with Crippen molar-refractivity contribution in [3.63, 3.8) is 0 Å². The van der Waals surface area contributed by atoms with Gasteiger partial charge in [0.05, 0.1) is 0 Å². The van der Waals surface area contributed by atoms with Gasteiger partial charge < -0.3 is 0 Å². The van der Waals surface area contributed by atoms with Gasteiger partial charge in [-0.3, -0.25) is 4.79 Å². The highest BCUT2D eigenvalue weighted by molar-refractivity contribution is 5.85. The van der Waals surface area contributed by atoms with Crippen molar-refractivity contribution >= 4 is 5.78 Å². The molecule has 194 valence electrons. The van der Waals surface area contributed by atoms with E-state index in [0.29, 0.717) is 23.0 Å². The number of carbonyl (C=O) groups excluding carboxylic acids is 1. The smallest absolute Gasteiger partial charge is 0.140 e. The molecule has 0 amide bonds. The molecule has 4 aliphatic carbocycles. The van der Waals surface area contributed by atoms with Crippen molar-refractivity contribution < 1.29 is 4.79 Å². The van der Waals surface area contributed by atoms with Gasteiger partial charge in [-0.15, -0.1) is 0 Å². The Bertz CT molecular complexity index is 1040. The van der Waals surface area contributed by atoms with Gasteiger partial charge in [-0.2, -0.15) is 0 Å². The molecular formula is C35H48O. The lowest BCUT2D eigenvalue weighted by molar-refractivity contribution is -0.146. The zero-order valence-electron chi connectivity index (χ0n) is 23.5. The largest absolute Gasteiger partial charge is 0.299 e. The summed E-state index contributed by atoms with van der Waals surface area (Å²) in [6, 6.07) is 10.2. The van der Waals surface area contributed by atoms with Gasteiger partial charge in [0.2, 0.25) is 0 Å². The van der Waals surface area contributed by atoms with E-state index in [4.69, 9.17) is 0 Å². The van der Waals surface area contributed by atoms with Gasteiger partial charge >= 0.3 is 0 Å². The first kappa shape index (κ1) is 25.8. The number of Topliss-reactive ketones (excluding diaryl/α,β-unsaturated/α-hetero) is 1. The van der Waals surface area contributed by atoms with Gasteiger partial charge in [0.15, 0.2) is 0 Å². The minimum absolute atomic E-state index is 0.0732. The zero-order chi connectivity index (χ0) is 25.5. The van der Waals surface area contributed by atoms with Crippen LogP contribution in [0.1, 0.15) is 104 Å². The van der Waals surface area contributed by atoms with E-state index < -0.39 is 0 Å². The lowest BCUT2D eigenvalue weighted by atomic mass is 9.44. The first-order valence-corrected chi connectivity index (χ1v) is 15.0. The summed E-state index contributed by atoms with van der Waals surface area (Å²) < 4.78 is 0. The summed E-state index contributed by atoms with van der Waals surface area (Å²) in [6.45, 7) is 12.3. The number of carbonyl (C=O) groups is 1. The molecule has 0 N–H and O–H groups in total. The lowest BCUT2D eigenvalue weighted by Crippen LogP contribution is -2.55. The molecule has 0 heterocycles. The molecule has 4 aliphatic rings. The van der Waals surface area contributed by atoms with Crippen LogP contribution in [-0.4, -0.2) is 5.78 Å². The molecule has 5 rings (SSSR count). The molecule has 36 heavy (non-hydrogen) atoms. The normalized spacial score (nSPS) is 38.3. The first-order valence-electron chi connectivity index (χ1n) is 15.0. The van der Waals surface area contributed by atoms with Crippen LogP contribution in [0, 0.1) is 64.1 Å². The number of hydrogen-bond donors (Lipinski definition) is 0. The van der Waals surface area contributed by atoms with E-state index in [0.717, 1.165) is 48.5 Å². The number of benzene rings is 1. The van der Waals surface area contributed by atoms with Gasteiger partial charge in [0.1, 0.15) is 5.78 Å². The van der Waals surface area contributed by atoms with Gasteiger partial charge in [0.25, 0.3) is 0 Å². The maximum Gasteiger partial charge on any atom is 0.140 e. The third-order valence-corrected chi connectivity index (χ3v) is 11.4. The van der Waals surface area contributed by atoms with Crippen molar-refractivity contribution in [3.05, 3.63) is 47.5 Å². The molecule has 1 aromatic carbocycles. The average Bonchev–Trinajstić information content (AvgIpc) is 3.21. The Balaban J connectivity index is 1.32. The van der Waals surface area contributed by atoms with E-state index >= 15 is 0 Å². The molecule has 0 radical (unpaired) electrons. The van der Waals surface area contributed by atoms with Crippen LogP contribution in [0.5, 0.6) is 0 Å². The Labute approximate surface area is 220 Å².